The Morgan fingerprint density at radius 3 is 2.53 bits per heavy atom. The molecule has 0 aliphatic carbocycles. The summed E-state index contributed by atoms with van der Waals surface area (Å²) in [6, 6.07) is 8.96. The van der Waals surface area contributed by atoms with E-state index in [2.05, 4.69) is 62.4 Å². The molecule has 0 aliphatic heterocycles. The van der Waals surface area contributed by atoms with Gasteiger partial charge in [0.1, 0.15) is 0 Å². The molecule has 1 aromatic carbocycles. The first-order valence-electron chi connectivity index (χ1n) is 6.24. The van der Waals surface area contributed by atoms with Crippen molar-refractivity contribution in [2.24, 2.45) is 11.7 Å². The number of nitrogens with zero attached hydrogens (tertiary/aromatic N) is 1. The van der Waals surface area contributed by atoms with Crippen LogP contribution in [0.5, 0.6) is 0 Å². The second-order valence-corrected chi connectivity index (χ2v) is 5.03. The Labute approximate surface area is 105 Å². The van der Waals surface area contributed by atoms with E-state index in [4.69, 9.17) is 5.73 Å². The second kappa shape index (κ2) is 6.62. The van der Waals surface area contributed by atoms with Gasteiger partial charge < -0.3 is 16.0 Å². The molecule has 0 radical (unpaired) electrons. The standard InChI is InChI=1S/C14H25N3/c1-11(2)14(9-15)16-10-12-6-5-7-13(8-12)17(3)4/h5-8,11,14,16H,9-10,15H2,1-4H3. The SMILES string of the molecule is CC(C)C(CN)NCc1cccc(N(C)C)c1. The molecule has 0 aromatic heterocycles. The Kier molecular flexibility index (Phi) is 5.45. The van der Waals surface area contributed by atoms with Crippen LogP contribution in [0, 0.1) is 5.92 Å². The van der Waals surface area contributed by atoms with Crippen molar-refractivity contribution in [3.05, 3.63) is 29.8 Å². The molecule has 0 aliphatic rings. The lowest BCUT2D eigenvalue weighted by Crippen LogP contribution is -2.39. The zero-order valence-corrected chi connectivity index (χ0v) is 11.4. The molecule has 96 valence electrons. The predicted octanol–water partition coefficient (Wildman–Crippen LogP) is 1.83. The van der Waals surface area contributed by atoms with Crippen LogP contribution >= 0.6 is 0 Å². The van der Waals surface area contributed by atoms with Crippen LogP contribution in [-0.2, 0) is 6.54 Å². The summed E-state index contributed by atoms with van der Waals surface area (Å²) in [7, 11) is 4.12. The van der Waals surface area contributed by atoms with Gasteiger partial charge >= 0.3 is 0 Å². The molecule has 0 saturated heterocycles. The average molecular weight is 235 g/mol. The monoisotopic (exact) mass is 235 g/mol. The smallest absolute Gasteiger partial charge is 0.0364 e. The maximum absolute atomic E-state index is 5.75. The van der Waals surface area contributed by atoms with E-state index >= 15 is 0 Å². The highest BCUT2D eigenvalue weighted by atomic mass is 15.1. The molecular formula is C14H25N3. The van der Waals surface area contributed by atoms with Gasteiger partial charge in [0, 0.05) is 38.9 Å². The molecule has 0 heterocycles. The van der Waals surface area contributed by atoms with Gasteiger partial charge in [-0.2, -0.15) is 0 Å². The maximum atomic E-state index is 5.75. The summed E-state index contributed by atoms with van der Waals surface area (Å²) in [4.78, 5) is 2.12. The molecule has 1 rings (SSSR count). The van der Waals surface area contributed by atoms with Crippen molar-refractivity contribution in [1.29, 1.82) is 0 Å². The van der Waals surface area contributed by atoms with Crippen LogP contribution in [0.1, 0.15) is 19.4 Å². The van der Waals surface area contributed by atoms with Crippen LogP contribution in [-0.4, -0.2) is 26.7 Å². The van der Waals surface area contributed by atoms with Crippen molar-refractivity contribution in [2.45, 2.75) is 26.4 Å². The number of benzene rings is 1. The number of hydrogen-bond donors (Lipinski definition) is 2. The van der Waals surface area contributed by atoms with Gasteiger partial charge in [0.2, 0.25) is 0 Å². The van der Waals surface area contributed by atoms with Crippen molar-refractivity contribution in [2.75, 3.05) is 25.5 Å². The Balaban J connectivity index is 2.59. The minimum Gasteiger partial charge on any atom is -0.378 e. The van der Waals surface area contributed by atoms with Crippen molar-refractivity contribution in [3.63, 3.8) is 0 Å². The van der Waals surface area contributed by atoms with E-state index in [1.54, 1.807) is 0 Å². The maximum Gasteiger partial charge on any atom is 0.0364 e. The fourth-order valence-electron chi connectivity index (χ4n) is 1.78. The van der Waals surface area contributed by atoms with Crippen LogP contribution < -0.4 is 16.0 Å². The minimum atomic E-state index is 0.387. The molecular weight excluding hydrogens is 210 g/mol. The van der Waals surface area contributed by atoms with Crippen LogP contribution in [0.15, 0.2) is 24.3 Å². The molecule has 3 N–H and O–H groups in total. The van der Waals surface area contributed by atoms with Crippen molar-refractivity contribution in [1.82, 2.24) is 5.32 Å². The second-order valence-electron chi connectivity index (χ2n) is 5.03. The number of anilines is 1. The topological polar surface area (TPSA) is 41.3 Å². The van der Waals surface area contributed by atoms with Crippen LogP contribution in [0.2, 0.25) is 0 Å². The summed E-state index contributed by atoms with van der Waals surface area (Å²) in [5.41, 5.74) is 8.28. The molecule has 0 spiro atoms. The Hall–Kier alpha value is -1.06. The molecule has 1 aromatic rings. The van der Waals surface area contributed by atoms with Gasteiger partial charge in [-0.15, -0.1) is 0 Å². The molecule has 1 unspecified atom stereocenters. The zero-order valence-electron chi connectivity index (χ0n) is 11.4. The van der Waals surface area contributed by atoms with E-state index in [-0.39, 0.29) is 0 Å². The van der Waals surface area contributed by atoms with E-state index in [9.17, 15) is 0 Å². The molecule has 3 heteroatoms. The normalized spacial score (nSPS) is 12.8. The molecule has 0 saturated carbocycles. The summed E-state index contributed by atoms with van der Waals surface area (Å²) in [5.74, 6) is 0.567. The van der Waals surface area contributed by atoms with Gasteiger partial charge in [-0.1, -0.05) is 26.0 Å². The van der Waals surface area contributed by atoms with E-state index in [0.29, 0.717) is 18.5 Å². The molecule has 1 atom stereocenters. The lowest BCUT2D eigenvalue weighted by Gasteiger charge is -2.21. The van der Waals surface area contributed by atoms with E-state index in [1.165, 1.54) is 11.3 Å². The summed E-state index contributed by atoms with van der Waals surface area (Å²) >= 11 is 0. The first-order valence-corrected chi connectivity index (χ1v) is 6.24. The number of hydrogen-bond acceptors (Lipinski definition) is 3. The quantitative estimate of drug-likeness (QED) is 0.790. The number of rotatable bonds is 6. The van der Waals surface area contributed by atoms with Gasteiger partial charge in [-0.05, 0) is 23.6 Å². The largest absolute Gasteiger partial charge is 0.378 e. The Morgan fingerprint density at radius 1 is 1.29 bits per heavy atom. The molecule has 0 bridgehead atoms. The van der Waals surface area contributed by atoms with Gasteiger partial charge in [0.05, 0.1) is 0 Å². The first kappa shape index (κ1) is 14.0. The van der Waals surface area contributed by atoms with Crippen molar-refractivity contribution < 1.29 is 0 Å². The third-order valence-corrected chi connectivity index (χ3v) is 3.05. The van der Waals surface area contributed by atoms with Crippen LogP contribution in [0.4, 0.5) is 5.69 Å². The highest BCUT2D eigenvalue weighted by Crippen LogP contribution is 2.13. The third kappa shape index (κ3) is 4.36. The summed E-state index contributed by atoms with van der Waals surface area (Å²) < 4.78 is 0. The first-order chi connectivity index (χ1) is 8.04. The van der Waals surface area contributed by atoms with Crippen molar-refractivity contribution >= 4 is 5.69 Å². The zero-order chi connectivity index (χ0) is 12.8. The van der Waals surface area contributed by atoms with E-state index < -0.39 is 0 Å². The Bertz CT molecular complexity index is 334. The Morgan fingerprint density at radius 2 is 2.00 bits per heavy atom. The average Bonchev–Trinajstić information content (AvgIpc) is 2.29. The summed E-state index contributed by atoms with van der Waals surface area (Å²) in [5, 5.41) is 3.51. The summed E-state index contributed by atoms with van der Waals surface area (Å²) in [6.45, 7) is 5.95. The van der Waals surface area contributed by atoms with Crippen LogP contribution in [0.3, 0.4) is 0 Å². The van der Waals surface area contributed by atoms with Gasteiger partial charge in [0.15, 0.2) is 0 Å². The van der Waals surface area contributed by atoms with Gasteiger partial charge in [-0.25, -0.2) is 0 Å². The van der Waals surface area contributed by atoms with E-state index in [1.807, 2.05) is 0 Å². The van der Waals surface area contributed by atoms with E-state index in [0.717, 1.165) is 6.54 Å². The predicted molar refractivity (Wildman–Crippen MR) is 75.3 cm³/mol. The lowest BCUT2D eigenvalue weighted by atomic mass is 10.0. The van der Waals surface area contributed by atoms with Gasteiger partial charge in [-0.3, -0.25) is 0 Å². The minimum absolute atomic E-state index is 0.387. The lowest BCUT2D eigenvalue weighted by molar-refractivity contribution is 0.405. The fourth-order valence-corrected chi connectivity index (χ4v) is 1.78. The molecule has 0 fully saturated rings. The van der Waals surface area contributed by atoms with Crippen molar-refractivity contribution in [3.8, 4) is 0 Å². The fraction of sp³-hybridized carbons (Fsp3) is 0.571. The number of nitrogens with one attached hydrogen (secondary N) is 1. The molecule has 17 heavy (non-hydrogen) atoms. The molecule has 0 amide bonds. The van der Waals surface area contributed by atoms with Crippen LogP contribution in [0.25, 0.3) is 0 Å². The van der Waals surface area contributed by atoms with Gasteiger partial charge in [0.25, 0.3) is 0 Å². The summed E-state index contributed by atoms with van der Waals surface area (Å²) in [6.07, 6.45) is 0. The molecule has 3 nitrogen and oxygen atoms in total. The highest BCUT2D eigenvalue weighted by molar-refractivity contribution is 5.47. The number of nitrogens with two attached hydrogens (primary N) is 1. The third-order valence-electron chi connectivity index (χ3n) is 3.05. The highest BCUT2D eigenvalue weighted by Gasteiger charge is 2.10.